The van der Waals surface area contributed by atoms with Gasteiger partial charge in [0.15, 0.2) is 0 Å². The van der Waals surface area contributed by atoms with Crippen molar-refractivity contribution in [3.05, 3.63) is 54.1 Å². The molecular weight excluding hydrogens is 351 g/mol. The van der Waals surface area contributed by atoms with Gasteiger partial charge in [0.25, 0.3) is 0 Å². The molecule has 136 valence electrons. The Morgan fingerprint density at radius 3 is 2.23 bits per heavy atom. The molecule has 0 aliphatic carbocycles. The fraction of sp³-hybridized carbons (Fsp3) is 0.176. The number of ether oxygens (including phenoxy) is 1. The molecule has 1 aliphatic heterocycles. The molecule has 2 aromatic carbocycles. The van der Waals surface area contributed by atoms with Crippen LogP contribution in [0.1, 0.15) is 11.6 Å². The van der Waals surface area contributed by atoms with Crippen molar-refractivity contribution in [2.24, 2.45) is 0 Å². The number of rotatable bonds is 3. The zero-order valence-electron chi connectivity index (χ0n) is 13.3. The number of benzene rings is 2. The molecule has 3 rings (SSSR count). The number of hydrogen-bond donors (Lipinski definition) is 2. The molecule has 2 aromatic rings. The van der Waals surface area contributed by atoms with Crippen LogP contribution in [0.15, 0.2) is 48.5 Å². The highest BCUT2D eigenvalue weighted by Crippen LogP contribution is 2.32. The third-order valence-electron chi connectivity index (χ3n) is 3.79. The van der Waals surface area contributed by atoms with E-state index in [1.807, 2.05) is 0 Å². The average molecular weight is 365 g/mol. The first kappa shape index (κ1) is 17.6. The van der Waals surface area contributed by atoms with Crippen LogP contribution in [0.25, 0.3) is 0 Å². The number of piperazine rings is 1. The van der Waals surface area contributed by atoms with E-state index in [1.54, 1.807) is 24.3 Å². The summed E-state index contributed by atoms with van der Waals surface area (Å²) >= 11 is 0. The summed E-state index contributed by atoms with van der Waals surface area (Å²) in [6, 6.07) is 10.2. The van der Waals surface area contributed by atoms with E-state index in [1.165, 1.54) is 17.0 Å². The highest BCUT2D eigenvalue weighted by Gasteiger charge is 2.37. The second-order valence-corrected chi connectivity index (χ2v) is 5.59. The highest BCUT2D eigenvalue weighted by molar-refractivity contribution is 6.06. The number of carbonyl (C=O) groups excluding carboxylic acids is 2. The maximum atomic E-state index is 12.4. The van der Waals surface area contributed by atoms with Crippen LogP contribution in [-0.4, -0.2) is 24.7 Å². The lowest BCUT2D eigenvalue weighted by molar-refractivity contribution is -0.274. The summed E-state index contributed by atoms with van der Waals surface area (Å²) < 4.78 is 40.6. The van der Waals surface area contributed by atoms with Crippen molar-refractivity contribution in [1.82, 2.24) is 5.32 Å². The number of nitrogen functional groups attached to an aromatic ring is 1. The molecule has 1 saturated heterocycles. The van der Waals surface area contributed by atoms with Crippen LogP contribution in [0, 0.1) is 0 Å². The Morgan fingerprint density at radius 1 is 1.04 bits per heavy atom. The van der Waals surface area contributed by atoms with Crippen molar-refractivity contribution in [1.29, 1.82) is 0 Å². The van der Waals surface area contributed by atoms with Crippen LogP contribution >= 0.6 is 0 Å². The minimum atomic E-state index is -4.81. The lowest BCUT2D eigenvalue weighted by Crippen LogP contribution is -2.53. The number of nitrogens with two attached hydrogens (primary N) is 1. The number of alkyl halides is 3. The SMILES string of the molecule is Nc1ccc(C2C(=O)NCC(=O)N2c2ccc(OC(F)(F)F)cc2)cc1. The van der Waals surface area contributed by atoms with Gasteiger partial charge in [0.05, 0.1) is 6.54 Å². The van der Waals surface area contributed by atoms with E-state index >= 15 is 0 Å². The molecule has 1 unspecified atom stereocenters. The zero-order valence-corrected chi connectivity index (χ0v) is 13.3. The second kappa shape index (κ2) is 6.58. The number of anilines is 2. The number of nitrogens with one attached hydrogen (secondary N) is 1. The first-order chi connectivity index (χ1) is 12.2. The normalized spacial score (nSPS) is 17.8. The monoisotopic (exact) mass is 365 g/mol. The van der Waals surface area contributed by atoms with E-state index in [-0.39, 0.29) is 12.2 Å². The summed E-state index contributed by atoms with van der Waals surface area (Å²) in [4.78, 5) is 26.0. The fourth-order valence-electron chi connectivity index (χ4n) is 2.69. The van der Waals surface area contributed by atoms with E-state index in [2.05, 4.69) is 10.1 Å². The van der Waals surface area contributed by atoms with E-state index in [0.717, 1.165) is 12.1 Å². The van der Waals surface area contributed by atoms with Crippen LogP contribution in [0.4, 0.5) is 24.5 Å². The summed E-state index contributed by atoms with van der Waals surface area (Å²) in [5, 5.41) is 2.50. The summed E-state index contributed by atoms with van der Waals surface area (Å²) in [5.41, 5.74) is 6.95. The van der Waals surface area contributed by atoms with Gasteiger partial charge in [-0.2, -0.15) is 0 Å². The molecule has 0 saturated carbocycles. The highest BCUT2D eigenvalue weighted by atomic mass is 19.4. The maximum absolute atomic E-state index is 12.4. The van der Waals surface area contributed by atoms with E-state index in [0.29, 0.717) is 11.3 Å². The molecule has 1 fully saturated rings. The Balaban J connectivity index is 1.95. The van der Waals surface area contributed by atoms with Crippen molar-refractivity contribution < 1.29 is 27.5 Å². The Kier molecular flexibility index (Phi) is 4.45. The van der Waals surface area contributed by atoms with Gasteiger partial charge < -0.3 is 15.8 Å². The number of halogens is 3. The minimum absolute atomic E-state index is 0.203. The molecule has 3 N–H and O–H groups in total. The Hall–Kier alpha value is -3.23. The van der Waals surface area contributed by atoms with E-state index in [9.17, 15) is 22.8 Å². The number of amides is 2. The van der Waals surface area contributed by atoms with Crippen molar-refractivity contribution in [2.45, 2.75) is 12.4 Å². The second-order valence-electron chi connectivity index (χ2n) is 5.59. The Bertz CT molecular complexity index is 820. The van der Waals surface area contributed by atoms with Crippen molar-refractivity contribution in [3.8, 4) is 5.75 Å². The first-order valence-electron chi connectivity index (χ1n) is 7.55. The van der Waals surface area contributed by atoms with Gasteiger partial charge in [-0.3, -0.25) is 14.5 Å². The standard InChI is InChI=1S/C17H14F3N3O3/c18-17(19,20)26-13-7-5-12(6-8-13)23-14(24)9-22-16(25)15(23)10-1-3-11(21)4-2-10/h1-8,15H,9,21H2,(H,22,25). The molecule has 0 aromatic heterocycles. The van der Waals surface area contributed by atoms with Gasteiger partial charge in [-0.25, -0.2) is 0 Å². The number of hydrogen-bond acceptors (Lipinski definition) is 4. The van der Waals surface area contributed by atoms with Crippen LogP contribution in [-0.2, 0) is 9.59 Å². The molecule has 1 atom stereocenters. The van der Waals surface area contributed by atoms with Crippen molar-refractivity contribution in [3.63, 3.8) is 0 Å². The van der Waals surface area contributed by atoms with Gasteiger partial charge in [-0.05, 0) is 42.0 Å². The summed E-state index contributed by atoms with van der Waals surface area (Å²) in [6.45, 7) is -0.203. The van der Waals surface area contributed by atoms with Gasteiger partial charge in [-0.1, -0.05) is 12.1 Å². The predicted octanol–water partition coefficient (Wildman–Crippen LogP) is 2.37. The third-order valence-corrected chi connectivity index (χ3v) is 3.79. The van der Waals surface area contributed by atoms with Gasteiger partial charge >= 0.3 is 6.36 Å². The van der Waals surface area contributed by atoms with Crippen LogP contribution in [0.3, 0.4) is 0 Å². The lowest BCUT2D eigenvalue weighted by Gasteiger charge is -2.35. The molecule has 1 heterocycles. The predicted molar refractivity (Wildman–Crippen MR) is 87.2 cm³/mol. The van der Waals surface area contributed by atoms with Crippen molar-refractivity contribution in [2.75, 3.05) is 17.2 Å². The quantitative estimate of drug-likeness (QED) is 0.818. The summed E-state index contributed by atoms with van der Waals surface area (Å²) in [7, 11) is 0. The fourth-order valence-corrected chi connectivity index (χ4v) is 2.69. The van der Waals surface area contributed by atoms with Crippen LogP contribution < -0.4 is 20.7 Å². The maximum Gasteiger partial charge on any atom is 0.573 e. The molecule has 9 heteroatoms. The lowest BCUT2D eigenvalue weighted by atomic mass is 10.0. The molecule has 0 spiro atoms. The van der Waals surface area contributed by atoms with Gasteiger partial charge in [-0.15, -0.1) is 13.2 Å². The summed E-state index contributed by atoms with van der Waals surface area (Å²) in [5.74, 6) is -1.21. The molecule has 26 heavy (non-hydrogen) atoms. The molecule has 0 bridgehead atoms. The van der Waals surface area contributed by atoms with Gasteiger partial charge in [0, 0.05) is 11.4 Å². The largest absolute Gasteiger partial charge is 0.573 e. The first-order valence-corrected chi connectivity index (χ1v) is 7.55. The Morgan fingerprint density at radius 2 is 1.65 bits per heavy atom. The molecule has 1 aliphatic rings. The Labute approximate surface area is 146 Å². The summed E-state index contributed by atoms with van der Waals surface area (Å²) in [6.07, 6.45) is -4.81. The smallest absolute Gasteiger partial charge is 0.406 e. The molecule has 0 radical (unpaired) electrons. The number of nitrogens with zero attached hydrogens (tertiary/aromatic N) is 1. The van der Waals surface area contributed by atoms with Gasteiger partial charge in [0.1, 0.15) is 11.8 Å². The van der Waals surface area contributed by atoms with Crippen LogP contribution in [0.5, 0.6) is 5.75 Å². The molecule has 2 amide bonds. The van der Waals surface area contributed by atoms with Crippen LogP contribution in [0.2, 0.25) is 0 Å². The third kappa shape index (κ3) is 3.71. The zero-order chi connectivity index (χ0) is 18.9. The topological polar surface area (TPSA) is 84.7 Å². The van der Waals surface area contributed by atoms with Gasteiger partial charge in [0.2, 0.25) is 11.8 Å². The molecular formula is C17H14F3N3O3. The minimum Gasteiger partial charge on any atom is -0.406 e. The number of carbonyl (C=O) groups is 2. The van der Waals surface area contributed by atoms with Crippen molar-refractivity contribution >= 4 is 23.2 Å². The van der Waals surface area contributed by atoms with E-state index < -0.39 is 30.0 Å². The molecule has 6 nitrogen and oxygen atoms in total. The average Bonchev–Trinajstić information content (AvgIpc) is 2.57. The van der Waals surface area contributed by atoms with E-state index in [4.69, 9.17) is 5.73 Å².